The molecular formula is C10H7ClS. The number of hydrogen-bond acceptors (Lipinski definition) is 1. The van der Waals surface area contributed by atoms with Crippen LogP contribution in [0.15, 0.2) is 47.4 Å². The summed E-state index contributed by atoms with van der Waals surface area (Å²) in [5.41, 5.74) is 0. The second kappa shape index (κ2) is 3.38. The highest BCUT2D eigenvalue weighted by atomic mass is 35.7. The van der Waals surface area contributed by atoms with Gasteiger partial charge in [0.2, 0.25) is 0 Å². The molecule has 60 valence electrons. The molecule has 0 saturated heterocycles. The van der Waals surface area contributed by atoms with Crippen LogP contribution in [0.1, 0.15) is 0 Å². The molecule has 0 atom stereocenters. The van der Waals surface area contributed by atoms with Gasteiger partial charge in [-0.1, -0.05) is 36.4 Å². The van der Waals surface area contributed by atoms with Gasteiger partial charge in [0, 0.05) is 4.90 Å². The zero-order chi connectivity index (χ0) is 8.39. The van der Waals surface area contributed by atoms with Gasteiger partial charge in [0.25, 0.3) is 0 Å². The smallest absolute Gasteiger partial charge is 0.0311 e. The predicted molar refractivity (Wildman–Crippen MR) is 55.7 cm³/mol. The van der Waals surface area contributed by atoms with E-state index in [1.807, 2.05) is 24.3 Å². The van der Waals surface area contributed by atoms with E-state index in [4.69, 9.17) is 10.7 Å². The van der Waals surface area contributed by atoms with Gasteiger partial charge in [-0.2, -0.15) is 0 Å². The molecule has 0 unspecified atom stereocenters. The Balaban J connectivity index is 2.79. The third-order valence-corrected chi connectivity index (χ3v) is 2.85. The maximum atomic E-state index is 5.72. The average molecular weight is 195 g/mol. The van der Waals surface area contributed by atoms with Crippen LogP contribution in [-0.4, -0.2) is 0 Å². The molecule has 0 saturated carbocycles. The van der Waals surface area contributed by atoms with Crippen molar-refractivity contribution in [3.05, 3.63) is 42.5 Å². The fraction of sp³-hybridized carbons (Fsp3) is 0. The monoisotopic (exact) mass is 194 g/mol. The predicted octanol–water partition coefficient (Wildman–Crippen LogP) is 4.09. The first-order chi connectivity index (χ1) is 5.92. The molecule has 2 aromatic rings. The van der Waals surface area contributed by atoms with Gasteiger partial charge in [-0.25, -0.2) is 0 Å². The Morgan fingerprint density at radius 3 is 2.50 bits per heavy atom. The Labute approximate surface area is 80.0 Å². The minimum atomic E-state index is 1.12. The summed E-state index contributed by atoms with van der Waals surface area (Å²) in [4.78, 5) is 1.12. The van der Waals surface area contributed by atoms with Crippen molar-refractivity contribution in [2.24, 2.45) is 0 Å². The lowest BCUT2D eigenvalue weighted by atomic mass is 10.1. The van der Waals surface area contributed by atoms with Crippen LogP contribution in [0.4, 0.5) is 0 Å². The molecular weight excluding hydrogens is 188 g/mol. The van der Waals surface area contributed by atoms with Gasteiger partial charge < -0.3 is 0 Å². The van der Waals surface area contributed by atoms with E-state index >= 15 is 0 Å². The van der Waals surface area contributed by atoms with Crippen LogP contribution in [0.2, 0.25) is 0 Å². The van der Waals surface area contributed by atoms with E-state index in [-0.39, 0.29) is 0 Å². The maximum Gasteiger partial charge on any atom is 0.0311 e. The van der Waals surface area contributed by atoms with Gasteiger partial charge in [-0.05, 0) is 38.5 Å². The summed E-state index contributed by atoms with van der Waals surface area (Å²) in [5, 5.41) is 2.46. The van der Waals surface area contributed by atoms with Crippen molar-refractivity contribution >= 4 is 32.4 Å². The minimum Gasteiger partial charge on any atom is -0.0616 e. The molecule has 12 heavy (non-hydrogen) atoms. The summed E-state index contributed by atoms with van der Waals surface area (Å²) in [6.07, 6.45) is 0. The number of hydrogen-bond donors (Lipinski definition) is 0. The second-order valence-corrected chi connectivity index (χ2v) is 3.61. The molecule has 0 aliphatic heterocycles. The van der Waals surface area contributed by atoms with Crippen LogP contribution < -0.4 is 0 Å². The summed E-state index contributed by atoms with van der Waals surface area (Å²) < 4.78 is 0. The Kier molecular flexibility index (Phi) is 2.24. The van der Waals surface area contributed by atoms with E-state index in [2.05, 4.69) is 18.2 Å². The van der Waals surface area contributed by atoms with E-state index in [1.165, 1.54) is 21.7 Å². The van der Waals surface area contributed by atoms with Crippen molar-refractivity contribution < 1.29 is 0 Å². The van der Waals surface area contributed by atoms with E-state index in [1.54, 1.807) is 0 Å². The van der Waals surface area contributed by atoms with Crippen molar-refractivity contribution in [1.82, 2.24) is 0 Å². The van der Waals surface area contributed by atoms with Crippen molar-refractivity contribution in [2.45, 2.75) is 4.90 Å². The minimum absolute atomic E-state index is 1.12. The van der Waals surface area contributed by atoms with Crippen LogP contribution in [0.25, 0.3) is 10.8 Å². The van der Waals surface area contributed by atoms with Gasteiger partial charge in [0.1, 0.15) is 0 Å². The fourth-order valence-electron chi connectivity index (χ4n) is 1.26. The molecule has 0 bridgehead atoms. The van der Waals surface area contributed by atoms with E-state index in [0.29, 0.717) is 0 Å². The fourth-order valence-corrected chi connectivity index (χ4v) is 2.07. The molecule has 2 aromatic carbocycles. The molecule has 0 aliphatic carbocycles. The van der Waals surface area contributed by atoms with Crippen LogP contribution >= 0.6 is 21.7 Å². The quantitative estimate of drug-likeness (QED) is 0.659. The Morgan fingerprint density at radius 1 is 0.917 bits per heavy atom. The zero-order valence-electron chi connectivity index (χ0n) is 6.33. The number of halogens is 1. The third-order valence-electron chi connectivity index (χ3n) is 1.83. The highest BCUT2D eigenvalue weighted by Crippen LogP contribution is 2.29. The van der Waals surface area contributed by atoms with Crippen molar-refractivity contribution in [3.63, 3.8) is 0 Å². The van der Waals surface area contributed by atoms with Gasteiger partial charge in [0.05, 0.1) is 0 Å². The van der Waals surface area contributed by atoms with E-state index < -0.39 is 0 Å². The highest BCUT2D eigenvalue weighted by Gasteiger charge is 1.97. The summed E-state index contributed by atoms with van der Waals surface area (Å²) in [6.45, 7) is 0. The first-order valence-electron chi connectivity index (χ1n) is 3.68. The molecule has 0 nitrogen and oxygen atoms in total. The zero-order valence-corrected chi connectivity index (χ0v) is 7.90. The summed E-state index contributed by atoms with van der Waals surface area (Å²) in [7, 11) is 6.99. The molecule has 0 spiro atoms. The maximum absolute atomic E-state index is 5.72. The van der Waals surface area contributed by atoms with Crippen LogP contribution in [-0.2, 0) is 0 Å². The standard InChI is InChI=1S/C10H7ClS/c11-12-10-7-3-5-8-4-1-2-6-9(8)10/h1-7H. The lowest BCUT2D eigenvalue weighted by molar-refractivity contribution is 1.56. The molecule has 0 aliphatic rings. The molecule has 0 heterocycles. The van der Waals surface area contributed by atoms with Gasteiger partial charge in [0.15, 0.2) is 0 Å². The number of rotatable bonds is 1. The molecule has 0 aromatic heterocycles. The molecule has 0 N–H and O–H groups in total. The summed E-state index contributed by atoms with van der Waals surface area (Å²) in [5.74, 6) is 0. The Morgan fingerprint density at radius 2 is 1.67 bits per heavy atom. The SMILES string of the molecule is ClSc1cccc2ccccc12. The topological polar surface area (TPSA) is 0 Å². The van der Waals surface area contributed by atoms with Crippen molar-refractivity contribution in [3.8, 4) is 0 Å². The van der Waals surface area contributed by atoms with E-state index in [0.717, 1.165) is 4.90 Å². The van der Waals surface area contributed by atoms with Gasteiger partial charge >= 0.3 is 0 Å². The second-order valence-electron chi connectivity index (χ2n) is 2.55. The Hall–Kier alpha value is -0.660. The van der Waals surface area contributed by atoms with Gasteiger partial charge in [-0.3, -0.25) is 0 Å². The lowest BCUT2D eigenvalue weighted by Gasteiger charge is -2.00. The largest absolute Gasteiger partial charge is 0.0616 e. The third kappa shape index (κ3) is 1.30. The van der Waals surface area contributed by atoms with Gasteiger partial charge in [-0.15, -0.1) is 0 Å². The Bertz CT molecular complexity index is 392. The molecule has 2 rings (SSSR count). The number of benzene rings is 2. The molecule has 0 fully saturated rings. The summed E-state index contributed by atoms with van der Waals surface area (Å²) >= 11 is 0. The molecule has 0 amide bonds. The molecule has 2 heteroatoms. The first kappa shape index (κ1) is 7.96. The molecule has 0 radical (unpaired) electrons. The summed E-state index contributed by atoms with van der Waals surface area (Å²) in [6, 6.07) is 14.4. The first-order valence-corrected chi connectivity index (χ1v) is 5.32. The normalized spacial score (nSPS) is 10.4. The van der Waals surface area contributed by atoms with E-state index in [9.17, 15) is 0 Å². The van der Waals surface area contributed by atoms with Crippen molar-refractivity contribution in [1.29, 1.82) is 0 Å². The van der Waals surface area contributed by atoms with Crippen LogP contribution in [0.3, 0.4) is 0 Å². The lowest BCUT2D eigenvalue weighted by Crippen LogP contribution is -1.73. The van der Waals surface area contributed by atoms with Crippen LogP contribution in [0, 0.1) is 0 Å². The number of fused-ring (bicyclic) bond motifs is 1. The van der Waals surface area contributed by atoms with Crippen LogP contribution in [0.5, 0.6) is 0 Å². The van der Waals surface area contributed by atoms with Crippen molar-refractivity contribution in [2.75, 3.05) is 0 Å². The average Bonchev–Trinajstić information content (AvgIpc) is 2.17. The highest BCUT2D eigenvalue weighted by molar-refractivity contribution is 8.21.